The Morgan fingerprint density at radius 2 is 2.00 bits per heavy atom. The van der Waals surface area contributed by atoms with Gasteiger partial charge < -0.3 is 4.74 Å². The van der Waals surface area contributed by atoms with Crippen molar-refractivity contribution in [3.8, 4) is 5.75 Å². The molecule has 0 fully saturated rings. The van der Waals surface area contributed by atoms with E-state index in [2.05, 4.69) is 17.4 Å². The maximum absolute atomic E-state index is 11.9. The smallest absolute Gasteiger partial charge is 0.405 e. The molecule has 0 bridgehead atoms. The first kappa shape index (κ1) is 11.2. The molecule has 1 nitrogen and oxygen atoms in total. The first-order chi connectivity index (χ1) is 6.42. The van der Waals surface area contributed by atoms with Crippen molar-refractivity contribution < 1.29 is 17.9 Å². The SMILES string of the molecule is CCc1ccc(S)cc1OC(F)(F)F. The third kappa shape index (κ3) is 3.14. The van der Waals surface area contributed by atoms with Crippen molar-refractivity contribution in [2.75, 3.05) is 0 Å². The molecular weight excluding hydrogens is 213 g/mol. The van der Waals surface area contributed by atoms with E-state index in [0.29, 0.717) is 16.9 Å². The van der Waals surface area contributed by atoms with Crippen LogP contribution in [0.4, 0.5) is 13.2 Å². The van der Waals surface area contributed by atoms with E-state index in [1.165, 1.54) is 6.07 Å². The van der Waals surface area contributed by atoms with E-state index in [-0.39, 0.29) is 5.75 Å². The summed E-state index contributed by atoms with van der Waals surface area (Å²) >= 11 is 3.94. The van der Waals surface area contributed by atoms with Gasteiger partial charge in [-0.2, -0.15) is 0 Å². The van der Waals surface area contributed by atoms with Crippen molar-refractivity contribution in [2.45, 2.75) is 24.6 Å². The highest BCUT2D eigenvalue weighted by Gasteiger charge is 2.31. The van der Waals surface area contributed by atoms with Gasteiger partial charge in [0.15, 0.2) is 0 Å². The lowest BCUT2D eigenvalue weighted by atomic mass is 10.1. The molecule has 1 aromatic carbocycles. The zero-order chi connectivity index (χ0) is 10.8. The summed E-state index contributed by atoms with van der Waals surface area (Å²) in [6.07, 6.45) is -4.16. The molecule has 5 heteroatoms. The Morgan fingerprint density at radius 3 is 2.50 bits per heavy atom. The largest absolute Gasteiger partial charge is 0.573 e. The molecule has 0 aliphatic rings. The van der Waals surface area contributed by atoms with E-state index in [4.69, 9.17) is 0 Å². The van der Waals surface area contributed by atoms with Gasteiger partial charge in [-0.05, 0) is 24.1 Å². The zero-order valence-electron chi connectivity index (χ0n) is 7.43. The molecule has 0 saturated carbocycles. The van der Waals surface area contributed by atoms with Crippen LogP contribution in [0.3, 0.4) is 0 Å². The van der Waals surface area contributed by atoms with Crippen LogP contribution in [0.5, 0.6) is 5.75 Å². The van der Waals surface area contributed by atoms with Gasteiger partial charge in [-0.15, -0.1) is 25.8 Å². The number of hydrogen-bond donors (Lipinski definition) is 1. The summed E-state index contributed by atoms with van der Waals surface area (Å²) in [5.41, 5.74) is 0.514. The van der Waals surface area contributed by atoms with Crippen molar-refractivity contribution in [1.29, 1.82) is 0 Å². The van der Waals surface area contributed by atoms with Gasteiger partial charge in [-0.3, -0.25) is 0 Å². The highest BCUT2D eigenvalue weighted by molar-refractivity contribution is 7.80. The van der Waals surface area contributed by atoms with Crippen LogP contribution in [-0.4, -0.2) is 6.36 Å². The van der Waals surface area contributed by atoms with Gasteiger partial charge in [0, 0.05) is 4.90 Å². The summed E-state index contributed by atoms with van der Waals surface area (Å²) in [4.78, 5) is 0.446. The van der Waals surface area contributed by atoms with E-state index < -0.39 is 6.36 Å². The molecule has 0 unspecified atom stereocenters. The average Bonchev–Trinajstić information content (AvgIpc) is 2.01. The second-order valence-electron chi connectivity index (χ2n) is 2.69. The van der Waals surface area contributed by atoms with Crippen LogP contribution in [0.1, 0.15) is 12.5 Å². The molecule has 1 rings (SSSR count). The molecule has 78 valence electrons. The molecule has 1 aromatic rings. The Bertz CT molecular complexity index is 322. The molecular formula is C9H9F3OS. The quantitative estimate of drug-likeness (QED) is 0.754. The molecule has 0 radical (unpaired) electrons. The predicted octanol–water partition coefficient (Wildman–Crippen LogP) is 3.44. The summed E-state index contributed by atoms with van der Waals surface area (Å²) < 4.78 is 39.7. The first-order valence-electron chi connectivity index (χ1n) is 4.00. The standard InChI is InChI=1S/C9H9F3OS/c1-2-6-3-4-7(14)5-8(6)13-9(10,11)12/h3-5,14H,2H2,1H3. The molecule has 0 atom stereocenters. The second kappa shape index (κ2) is 4.13. The third-order valence-electron chi connectivity index (χ3n) is 1.66. The van der Waals surface area contributed by atoms with Gasteiger partial charge in [-0.25, -0.2) is 0 Å². The minimum atomic E-state index is -4.65. The maximum atomic E-state index is 11.9. The van der Waals surface area contributed by atoms with Crippen molar-refractivity contribution in [3.05, 3.63) is 23.8 Å². The van der Waals surface area contributed by atoms with Crippen LogP contribution in [0, 0.1) is 0 Å². The lowest BCUT2D eigenvalue weighted by molar-refractivity contribution is -0.274. The van der Waals surface area contributed by atoms with Crippen molar-refractivity contribution in [2.24, 2.45) is 0 Å². The predicted molar refractivity (Wildman–Crippen MR) is 49.8 cm³/mol. The Morgan fingerprint density at radius 1 is 1.36 bits per heavy atom. The minimum Gasteiger partial charge on any atom is -0.405 e. The number of hydrogen-bond acceptors (Lipinski definition) is 2. The Kier molecular flexibility index (Phi) is 3.31. The molecule has 0 N–H and O–H groups in total. The highest BCUT2D eigenvalue weighted by Crippen LogP contribution is 2.28. The molecule has 0 spiro atoms. The van der Waals surface area contributed by atoms with Crippen molar-refractivity contribution in [1.82, 2.24) is 0 Å². The van der Waals surface area contributed by atoms with Crippen LogP contribution in [0.15, 0.2) is 23.1 Å². The van der Waals surface area contributed by atoms with Gasteiger partial charge in [0.25, 0.3) is 0 Å². The number of halogens is 3. The number of alkyl halides is 3. The molecule has 0 heterocycles. The van der Waals surface area contributed by atoms with E-state index in [1.54, 1.807) is 19.1 Å². The normalized spacial score (nSPS) is 11.5. The summed E-state index contributed by atoms with van der Waals surface area (Å²) in [6.45, 7) is 1.76. The Labute approximate surface area is 85.3 Å². The van der Waals surface area contributed by atoms with Crippen LogP contribution in [-0.2, 0) is 6.42 Å². The number of thiol groups is 1. The fraction of sp³-hybridized carbons (Fsp3) is 0.333. The van der Waals surface area contributed by atoms with E-state index in [1.807, 2.05) is 0 Å². The van der Waals surface area contributed by atoms with Gasteiger partial charge >= 0.3 is 6.36 Å². The topological polar surface area (TPSA) is 9.23 Å². The number of ether oxygens (including phenoxy) is 1. The zero-order valence-corrected chi connectivity index (χ0v) is 8.32. The fourth-order valence-corrected chi connectivity index (χ4v) is 1.25. The Balaban J connectivity index is 2.99. The molecule has 0 amide bonds. The van der Waals surface area contributed by atoms with Crippen LogP contribution < -0.4 is 4.74 Å². The summed E-state index contributed by atoms with van der Waals surface area (Å²) in [7, 11) is 0. The van der Waals surface area contributed by atoms with Crippen LogP contribution in [0.25, 0.3) is 0 Å². The lowest BCUT2D eigenvalue weighted by Gasteiger charge is -2.12. The number of benzene rings is 1. The minimum absolute atomic E-state index is 0.174. The van der Waals surface area contributed by atoms with Gasteiger partial charge in [0.05, 0.1) is 0 Å². The molecule has 14 heavy (non-hydrogen) atoms. The monoisotopic (exact) mass is 222 g/mol. The van der Waals surface area contributed by atoms with Gasteiger partial charge in [0.2, 0.25) is 0 Å². The third-order valence-corrected chi connectivity index (χ3v) is 1.94. The number of rotatable bonds is 2. The Hall–Kier alpha value is -0.840. The van der Waals surface area contributed by atoms with E-state index >= 15 is 0 Å². The average molecular weight is 222 g/mol. The number of aryl methyl sites for hydroxylation is 1. The summed E-state index contributed by atoms with van der Waals surface area (Å²) in [5, 5.41) is 0. The van der Waals surface area contributed by atoms with Crippen LogP contribution >= 0.6 is 12.6 Å². The van der Waals surface area contributed by atoms with E-state index in [0.717, 1.165) is 0 Å². The lowest BCUT2D eigenvalue weighted by Crippen LogP contribution is -2.18. The van der Waals surface area contributed by atoms with E-state index in [9.17, 15) is 13.2 Å². The fourth-order valence-electron chi connectivity index (χ4n) is 1.06. The molecule has 0 saturated heterocycles. The molecule has 0 aromatic heterocycles. The first-order valence-corrected chi connectivity index (χ1v) is 4.44. The highest BCUT2D eigenvalue weighted by atomic mass is 32.1. The van der Waals surface area contributed by atoms with Gasteiger partial charge in [0.1, 0.15) is 5.75 Å². The summed E-state index contributed by atoms with van der Waals surface area (Å²) in [5.74, 6) is -0.174. The molecule has 0 aliphatic carbocycles. The summed E-state index contributed by atoms with van der Waals surface area (Å²) in [6, 6.07) is 4.46. The maximum Gasteiger partial charge on any atom is 0.573 e. The molecule has 0 aliphatic heterocycles. The van der Waals surface area contributed by atoms with Gasteiger partial charge in [-0.1, -0.05) is 13.0 Å². The van der Waals surface area contributed by atoms with Crippen molar-refractivity contribution >= 4 is 12.6 Å². The van der Waals surface area contributed by atoms with Crippen molar-refractivity contribution in [3.63, 3.8) is 0 Å². The van der Waals surface area contributed by atoms with Crippen LogP contribution in [0.2, 0.25) is 0 Å². The second-order valence-corrected chi connectivity index (χ2v) is 3.21.